The second kappa shape index (κ2) is 4.50. The maximum atomic E-state index is 5.75. The van der Waals surface area contributed by atoms with Gasteiger partial charge in [0.25, 0.3) is 0 Å². The van der Waals surface area contributed by atoms with Crippen LogP contribution in [0.5, 0.6) is 5.75 Å². The van der Waals surface area contributed by atoms with Crippen LogP contribution >= 0.6 is 0 Å². The zero-order valence-corrected chi connectivity index (χ0v) is 8.83. The minimum absolute atomic E-state index is 0.820. The summed E-state index contributed by atoms with van der Waals surface area (Å²) in [5, 5.41) is 0. The van der Waals surface area contributed by atoms with Crippen LogP contribution < -0.4 is 4.74 Å². The lowest BCUT2D eigenvalue weighted by molar-refractivity contribution is 0.180. The largest absolute Gasteiger partial charge is 0.493 e. The molecule has 0 saturated heterocycles. The standard InChI is InChI=1S/C13H18O/c1-2-11-5-4-8-13(9-11)14-10-12-6-3-7-12/h4-5,8-9,12H,2-3,6-7,10H2,1H3. The monoisotopic (exact) mass is 190 g/mol. The molecule has 1 aliphatic rings. The summed E-state index contributed by atoms with van der Waals surface area (Å²) in [5.74, 6) is 1.86. The average molecular weight is 190 g/mol. The molecule has 0 unspecified atom stereocenters. The molecular weight excluding hydrogens is 172 g/mol. The summed E-state index contributed by atoms with van der Waals surface area (Å²) in [6.45, 7) is 3.08. The van der Waals surface area contributed by atoms with E-state index >= 15 is 0 Å². The summed E-state index contributed by atoms with van der Waals surface area (Å²) >= 11 is 0. The number of hydrogen-bond acceptors (Lipinski definition) is 1. The summed E-state index contributed by atoms with van der Waals surface area (Å²) < 4.78 is 5.75. The fourth-order valence-electron chi connectivity index (χ4n) is 1.73. The van der Waals surface area contributed by atoms with E-state index in [1.807, 2.05) is 0 Å². The van der Waals surface area contributed by atoms with Crippen molar-refractivity contribution in [2.24, 2.45) is 5.92 Å². The van der Waals surface area contributed by atoms with Crippen molar-refractivity contribution in [1.29, 1.82) is 0 Å². The van der Waals surface area contributed by atoms with Crippen LogP contribution in [0.4, 0.5) is 0 Å². The molecule has 2 rings (SSSR count). The predicted molar refractivity (Wildman–Crippen MR) is 58.7 cm³/mol. The number of hydrogen-bond donors (Lipinski definition) is 0. The first-order chi connectivity index (χ1) is 6.88. The lowest BCUT2D eigenvalue weighted by Crippen LogP contribution is -2.19. The van der Waals surface area contributed by atoms with Gasteiger partial charge in [-0.25, -0.2) is 0 Å². The topological polar surface area (TPSA) is 9.23 Å². The van der Waals surface area contributed by atoms with Gasteiger partial charge in [0, 0.05) is 0 Å². The minimum Gasteiger partial charge on any atom is -0.493 e. The molecule has 1 heteroatoms. The lowest BCUT2D eigenvalue weighted by Gasteiger charge is -2.25. The van der Waals surface area contributed by atoms with E-state index in [4.69, 9.17) is 4.74 Å². The summed E-state index contributed by atoms with van der Waals surface area (Å²) in [5.41, 5.74) is 1.36. The average Bonchev–Trinajstić information content (AvgIpc) is 2.16. The van der Waals surface area contributed by atoms with Gasteiger partial charge in [0.15, 0.2) is 0 Å². The first-order valence-electron chi connectivity index (χ1n) is 5.60. The fourth-order valence-corrected chi connectivity index (χ4v) is 1.73. The van der Waals surface area contributed by atoms with Crippen molar-refractivity contribution >= 4 is 0 Å². The number of benzene rings is 1. The van der Waals surface area contributed by atoms with E-state index in [0.29, 0.717) is 0 Å². The zero-order chi connectivity index (χ0) is 9.80. The Labute approximate surface area is 86.1 Å². The molecule has 0 atom stereocenters. The minimum atomic E-state index is 0.820. The molecule has 0 aliphatic heterocycles. The van der Waals surface area contributed by atoms with Gasteiger partial charge in [0.05, 0.1) is 6.61 Å². The maximum absolute atomic E-state index is 5.75. The van der Waals surface area contributed by atoms with Gasteiger partial charge in [0.2, 0.25) is 0 Å². The van der Waals surface area contributed by atoms with Gasteiger partial charge < -0.3 is 4.74 Å². The normalized spacial score (nSPS) is 16.4. The Morgan fingerprint density at radius 2 is 2.21 bits per heavy atom. The van der Waals surface area contributed by atoms with Crippen molar-refractivity contribution in [3.8, 4) is 5.75 Å². The smallest absolute Gasteiger partial charge is 0.119 e. The van der Waals surface area contributed by atoms with Crippen LogP contribution in [0.2, 0.25) is 0 Å². The quantitative estimate of drug-likeness (QED) is 0.706. The molecule has 1 aromatic carbocycles. The zero-order valence-electron chi connectivity index (χ0n) is 8.83. The van der Waals surface area contributed by atoms with Crippen LogP contribution in [-0.2, 0) is 6.42 Å². The molecule has 76 valence electrons. The molecule has 1 saturated carbocycles. The van der Waals surface area contributed by atoms with Gasteiger partial charge in [-0.05, 0) is 42.9 Å². The molecule has 1 fully saturated rings. The predicted octanol–water partition coefficient (Wildman–Crippen LogP) is 3.43. The van der Waals surface area contributed by atoms with Gasteiger partial charge in [0.1, 0.15) is 5.75 Å². The van der Waals surface area contributed by atoms with E-state index < -0.39 is 0 Å². The summed E-state index contributed by atoms with van der Waals surface area (Å²) in [4.78, 5) is 0. The highest BCUT2D eigenvalue weighted by molar-refractivity contribution is 5.28. The third-order valence-electron chi connectivity index (χ3n) is 3.02. The van der Waals surface area contributed by atoms with Gasteiger partial charge in [-0.2, -0.15) is 0 Å². The molecular formula is C13H18O. The highest BCUT2D eigenvalue weighted by atomic mass is 16.5. The van der Waals surface area contributed by atoms with Crippen molar-refractivity contribution in [3.05, 3.63) is 29.8 Å². The molecule has 0 radical (unpaired) electrons. The van der Waals surface area contributed by atoms with E-state index in [1.165, 1.54) is 24.8 Å². The Balaban J connectivity index is 1.87. The Kier molecular flexibility index (Phi) is 3.07. The molecule has 0 spiro atoms. The molecule has 1 aliphatic carbocycles. The SMILES string of the molecule is CCc1cccc(OCC2CCC2)c1. The number of ether oxygens (including phenoxy) is 1. The second-order valence-corrected chi connectivity index (χ2v) is 4.11. The van der Waals surface area contributed by atoms with E-state index in [2.05, 4.69) is 31.2 Å². The van der Waals surface area contributed by atoms with Gasteiger partial charge in [-0.3, -0.25) is 0 Å². The van der Waals surface area contributed by atoms with Crippen LogP contribution in [0.25, 0.3) is 0 Å². The molecule has 0 bridgehead atoms. The van der Waals surface area contributed by atoms with E-state index in [0.717, 1.165) is 24.7 Å². The molecule has 0 aromatic heterocycles. The highest BCUT2D eigenvalue weighted by Gasteiger charge is 2.17. The van der Waals surface area contributed by atoms with Crippen LogP contribution in [0.1, 0.15) is 31.7 Å². The summed E-state index contributed by atoms with van der Waals surface area (Å²) in [6.07, 6.45) is 5.19. The summed E-state index contributed by atoms with van der Waals surface area (Å²) in [7, 11) is 0. The molecule has 1 nitrogen and oxygen atoms in total. The van der Waals surface area contributed by atoms with Crippen LogP contribution in [0.3, 0.4) is 0 Å². The maximum Gasteiger partial charge on any atom is 0.119 e. The fraction of sp³-hybridized carbons (Fsp3) is 0.538. The third kappa shape index (κ3) is 2.28. The highest BCUT2D eigenvalue weighted by Crippen LogP contribution is 2.27. The van der Waals surface area contributed by atoms with Crippen molar-refractivity contribution in [2.45, 2.75) is 32.6 Å². The molecule has 0 heterocycles. The number of rotatable bonds is 4. The van der Waals surface area contributed by atoms with Gasteiger partial charge in [-0.15, -0.1) is 0 Å². The first kappa shape index (κ1) is 9.57. The second-order valence-electron chi connectivity index (χ2n) is 4.11. The van der Waals surface area contributed by atoms with E-state index in [1.54, 1.807) is 0 Å². The molecule has 0 N–H and O–H groups in total. The Morgan fingerprint density at radius 1 is 1.36 bits per heavy atom. The summed E-state index contributed by atoms with van der Waals surface area (Å²) in [6, 6.07) is 8.43. The van der Waals surface area contributed by atoms with E-state index in [-0.39, 0.29) is 0 Å². The van der Waals surface area contributed by atoms with Gasteiger partial charge >= 0.3 is 0 Å². The third-order valence-corrected chi connectivity index (χ3v) is 3.02. The van der Waals surface area contributed by atoms with Crippen molar-refractivity contribution in [2.75, 3.05) is 6.61 Å². The Bertz CT molecular complexity index is 289. The molecule has 0 amide bonds. The van der Waals surface area contributed by atoms with Crippen molar-refractivity contribution < 1.29 is 4.74 Å². The van der Waals surface area contributed by atoms with Crippen LogP contribution in [0, 0.1) is 5.92 Å². The molecule has 1 aromatic rings. The molecule has 14 heavy (non-hydrogen) atoms. The van der Waals surface area contributed by atoms with Gasteiger partial charge in [-0.1, -0.05) is 25.5 Å². The lowest BCUT2D eigenvalue weighted by atomic mass is 9.86. The first-order valence-corrected chi connectivity index (χ1v) is 5.60. The van der Waals surface area contributed by atoms with Crippen molar-refractivity contribution in [1.82, 2.24) is 0 Å². The van der Waals surface area contributed by atoms with E-state index in [9.17, 15) is 0 Å². The number of aryl methyl sites for hydroxylation is 1. The van der Waals surface area contributed by atoms with Crippen molar-refractivity contribution in [3.63, 3.8) is 0 Å². The Morgan fingerprint density at radius 3 is 2.86 bits per heavy atom. The van der Waals surface area contributed by atoms with Crippen LogP contribution in [-0.4, -0.2) is 6.61 Å². The Hall–Kier alpha value is -0.980. The van der Waals surface area contributed by atoms with Crippen LogP contribution in [0.15, 0.2) is 24.3 Å².